The number of nitrogens with zero attached hydrogens (tertiary/aromatic N) is 2. The Kier molecular flexibility index (Phi) is 3.51. The van der Waals surface area contributed by atoms with Crippen LogP contribution in [0, 0.1) is 0 Å². The van der Waals surface area contributed by atoms with Gasteiger partial charge in [0.2, 0.25) is 0 Å². The maximum Gasteiger partial charge on any atom is 0.277 e. The van der Waals surface area contributed by atoms with Gasteiger partial charge in [0.15, 0.2) is 0 Å². The molecule has 6 nitrogen and oxygen atoms in total. The highest BCUT2D eigenvalue weighted by Crippen LogP contribution is 2.19. The van der Waals surface area contributed by atoms with Gasteiger partial charge >= 0.3 is 0 Å². The molecule has 3 rings (SSSR count). The number of aromatic amines is 1. The van der Waals surface area contributed by atoms with Gasteiger partial charge in [0.25, 0.3) is 5.56 Å². The summed E-state index contributed by atoms with van der Waals surface area (Å²) in [4.78, 5) is 11.9. The van der Waals surface area contributed by atoms with Crippen molar-refractivity contribution in [2.45, 2.75) is 6.54 Å². The maximum atomic E-state index is 11.9. The van der Waals surface area contributed by atoms with Gasteiger partial charge < -0.3 is 10.1 Å². The fourth-order valence-electron chi connectivity index (χ4n) is 2.13. The third kappa shape index (κ3) is 2.69. The third-order valence-corrected chi connectivity index (χ3v) is 3.22. The Balaban J connectivity index is 1.86. The Bertz CT molecular complexity index is 807. The summed E-state index contributed by atoms with van der Waals surface area (Å²) in [7, 11) is 1.64. The predicted molar refractivity (Wildman–Crippen MR) is 80.5 cm³/mol. The van der Waals surface area contributed by atoms with E-state index in [0.29, 0.717) is 17.4 Å². The third-order valence-electron chi connectivity index (χ3n) is 3.22. The lowest BCUT2D eigenvalue weighted by Gasteiger charge is -2.09. The molecule has 106 valence electrons. The number of rotatable bonds is 4. The van der Waals surface area contributed by atoms with Gasteiger partial charge in [-0.3, -0.25) is 4.79 Å². The average molecular weight is 282 g/mol. The first-order valence-electron chi connectivity index (χ1n) is 6.49. The van der Waals surface area contributed by atoms with Crippen LogP contribution in [0.5, 0.6) is 5.75 Å². The first-order valence-corrected chi connectivity index (χ1v) is 6.49. The molecule has 0 saturated carbocycles. The van der Waals surface area contributed by atoms with E-state index in [1.165, 1.54) is 0 Å². The molecule has 21 heavy (non-hydrogen) atoms. The molecule has 0 spiro atoms. The topological polar surface area (TPSA) is 79.9 Å². The van der Waals surface area contributed by atoms with Gasteiger partial charge in [-0.15, -0.1) is 5.10 Å². The molecule has 0 unspecified atom stereocenters. The Morgan fingerprint density at radius 3 is 2.76 bits per heavy atom. The molecule has 2 aromatic carbocycles. The van der Waals surface area contributed by atoms with E-state index >= 15 is 0 Å². The Morgan fingerprint density at radius 1 is 1.19 bits per heavy atom. The van der Waals surface area contributed by atoms with E-state index in [1.807, 2.05) is 36.4 Å². The molecule has 1 aromatic heterocycles. The minimum Gasteiger partial charge on any atom is -0.497 e. The fraction of sp³-hybridized carbons (Fsp3) is 0.133. The Morgan fingerprint density at radius 2 is 2.00 bits per heavy atom. The lowest BCUT2D eigenvalue weighted by atomic mass is 10.2. The van der Waals surface area contributed by atoms with Gasteiger partial charge in [-0.05, 0) is 29.8 Å². The molecule has 1 heterocycles. The van der Waals surface area contributed by atoms with Crippen molar-refractivity contribution >= 4 is 16.6 Å². The van der Waals surface area contributed by atoms with E-state index < -0.39 is 0 Å². The summed E-state index contributed by atoms with van der Waals surface area (Å²) < 4.78 is 5.12. The maximum absolute atomic E-state index is 11.9. The summed E-state index contributed by atoms with van der Waals surface area (Å²) in [6.07, 6.45) is 0. The van der Waals surface area contributed by atoms with Crippen molar-refractivity contribution in [1.82, 2.24) is 15.4 Å². The number of hydrogen-bond donors (Lipinski definition) is 2. The highest BCUT2D eigenvalue weighted by molar-refractivity contribution is 5.90. The van der Waals surface area contributed by atoms with Crippen molar-refractivity contribution in [3.63, 3.8) is 0 Å². The van der Waals surface area contributed by atoms with Crippen LogP contribution in [-0.2, 0) is 6.54 Å². The SMILES string of the molecule is COc1ccc(CNc2cccc3nn[nH]c(=O)c23)cc1. The van der Waals surface area contributed by atoms with Gasteiger partial charge in [0, 0.05) is 12.2 Å². The number of benzene rings is 2. The molecule has 0 fully saturated rings. The van der Waals surface area contributed by atoms with Crippen LogP contribution in [-0.4, -0.2) is 22.5 Å². The van der Waals surface area contributed by atoms with Gasteiger partial charge in [-0.2, -0.15) is 0 Å². The molecule has 0 aliphatic heterocycles. The smallest absolute Gasteiger partial charge is 0.277 e. The number of anilines is 1. The van der Waals surface area contributed by atoms with Crippen molar-refractivity contribution in [1.29, 1.82) is 0 Å². The minimum atomic E-state index is -0.252. The van der Waals surface area contributed by atoms with Gasteiger partial charge in [-0.1, -0.05) is 23.4 Å². The van der Waals surface area contributed by atoms with E-state index in [9.17, 15) is 4.79 Å². The summed E-state index contributed by atoms with van der Waals surface area (Å²) in [6.45, 7) is 0.602. The van der Waals surface area contributed by atoms with Crippen molar-refractivity contribution < 1.29 is 4.74 Å². The number of H-pyrrole nitrogens is 1. The van der Waals surface area contributed by atoms with Crippen molar-refractivity contribution in [3.8, 4) is 5.75 Å². The van der Waals surface area contributed by atoms with E-state index in [4.69, 9.17) is 4.74 Å². The van der Waals surface area contributed by atoms with Crippen molar-refractivity contribution in [2.24, 2.45) is 0 Å². The van der Waals surface area contributed by atoms with Crippen LogP contribution in [0.25, 0.3) is 10.9 Å². The average Bonchev–Trinajstić information content (AvgIpc) is 2.53. The van der Waals surface area contributed by atoms with Crippen LogP contribution >= 0.6 is 0 Å². The summed E-state index contributed by atoms with van der Waals surface area (Å²) >= 11 is 0. The molecule has 2 N–H and O–H groups in total. The molecule has 0 aliphatic rings. The quantitative estimate of drug-likeness (QED) is 0.764. The second-order valence-corrected chi connectivity index (χ2v) is 4.54. The Labute approximate surface area is 120 Å². The standard InChI is InChI=1S/C15H14N4O2/c1-21-11-7-5-10(6-8-11)9-16-12-3-2-4-13-14(12)15(20)18-19-17-13/h2-8,16H,9H2,1H3,(H,17,18,20). The van der Waals surface area contributed by atoms with Crippen molar-refractivity contribution in [3.05, 3.63) is 58.4 Å². The first kappa shape index (κ1) is 13.1. The van der Waals surface area contributed by atoms with Gasteiger partial charge in [-0.25, -0.2) is 5.10 Å². The highest BCUT2D eigenvalue weighted by atomic mass is 16.5. The molecule has 0 amide bonds. The molecule has 0 atom stereocenters. The van der Waals surface area contributed by atoms with Crippen LogP contribution < -0.4 is 15.6 Å². The zero-order chi connectivity index (χ0) is 14.7. The number of nitrogens with one attached hydrogen (secondary N) is 2. The monoisotopic (exact) mass is 282 g/mol. The number of aromatic nitrogens is 3. The number of hydrogen-bond acceptors (Lipinski definition) is 5. The van der Waals surface area contributed by atoms with E-state index in [1.54, 1.807) is 13.2 Å². The van der Waals surface area contributed by atoms with Crippen LogP contribution in [0.4, 0.5) is 5.69 Å². The van der Waals surface area contributed by atoms with Crippen LogP contribution in [0.1, 0.15) is 5.56 Å². The largest absolute Gasteiger partial charge is 0.497 e. The molecule has 0 saturated heterocycles. The summed E-state index contributed by atoms with van der Waals surface area (Å²) in [6, 6.07) is 13.2. The summed E-state index contributed by atoms with van der Waals surface area (Å²) in [5.74, 6) is 0.815. The zero-order valence-corrected chi connectivity index (χ0v) is 11.5. The van der Waals surface area contributed by atoms with Crippen LogP contribution in [0.2, 0.25) is 0 Å². The predicted octanol–water partition coefficient (Wildman–Crippen LogP) is 1.94. The molecule has 0 aliphatic carbocycles. The lowest BCUT2D eigenvalue weighted by Crippen LogP contribution is -2.12. The zero-order valence-electron chi connectivity index (χ0n) is 11.5. The fourth-order valence-corrected chi connectivity index (χ4v) is 2.13. The molecule has 0 bridgehead atoms. The molecular weight excluding hydrogens is 268 g/mol. The molecule has 0 radical (unpaired) electrons. The van der Waals surface area contributed by atoms with Gasteiger partial charge in [0.1, 0.15) is 11.3 Å². The second kappa shape index (κ2) is 5.62. The normalized spacial score (nSPS) is 10.5. The first-order chi connectivity index (χ1) is 10.3. The van der Waals surface area contributed by atoms with Gasteiger partial charge in [0.05, 0.1) is 12.5 Å². The summed E-state index contributed by atoms with van der Waals surface area (Å²) in [5.41, 5.74) is 2.14. The minimum absolute atomic E-state index is 0.252. The Hall–Kier alpha value is -2.89. The van der Waals surface area contributed by atoms with Crippen LogP contribution in [0.15, 0.2) is 47.3 Å². The van der Waals surface area contributed by atoms with E-state index in [0.717, 1.165) is 17.0 Å². The lowest BCUT2D eigenvalue weighted by molar-refractivity contribution is 0.414. The molecule has 6 heteroatoms. The van der Waals surface area contributed by atoms with Crippen LogP contribution in [0.3, 0.4) is 0 Å². The number of ether oxygens (including phenoxy) is 1. The number of fused-ring (bicyclic) bond motifs is 1. The van der Waals surface area contributed by atoms with E-state index in [2.05, 4.69) is 20.7 Å². The highest BCUT2D eigenvalue weighted by Gasteiger charge is 2.06. The summed E-state index contributed by atoms with van der Waals surface area (Å²) in [5, 5.41) is 13.6. The molecule has 3 aromatic rings. The van der Waals surface area contributed by atoms with Crippen molar-refractivity contribution in [2.75, 3.05) is 12.4 Å². The second-order valence-electron chi connectivity index (χ2n) is 4.54. The molecular formula is C15H14N4O2. The number of methoxy groups -OCH3 is 1. The van der Waals surface area contributed by atoms with E-state index in [-0.39, 0.29) is 5.56 Å².